The van der Waals surface area contributed by atoms with E-state index in [-0.39, 0.29) is 17.0 Å². The van der Waals surface area contributed by atoms with Gasteiger partial charge < -0.3 is 14.8 Å². The third-order valence-electron chi connectivity index (χ3n) is 5.57. The molecule has 0 saturated heterocycles. The summed E-state index contributed by atoms with van der Waals surface area (Å²) in [6, 6.07) is 19.3. The molecule has 0 atom stereocenters. The second-order valence-electron chi connectivity index (χ2n) is 9.23. The van der Waals surface area contributed by atoms with Gasteiger partial charge in [0.1, 0.15) is 17.3 Å². The van der Waals surface area contributed by atoms with Crippen molar-refractivity contribution in [3.8, 4) is 16.9 Å². The van der Waals surface area contributed by atoms with Crippen LogP contribution in [0.1, 0.15) is 50.8 Å². The van der Waals surface area contributed by atoms with Gasteiger partial charge in [0.05, 0.1) is 7.11 Å². The molecule has 0 aliphatic carbocycles. The van der Waals surface area contributed by atoms with Gasteiger partial charge in [0.15, 0.2) is 0 Å². The van der Waals surface area contributed by atoms with Crippen molar-refractivity contribution in [1.29, 1.82) is 0 Å². The van der Waals surface area contributed by atoms with E-state index in [0.717, 1.165) is 34.4 Å². The largest absolute Gasteiger partial charge is 0.497 e. The minimum absolute atomic E-state index is 0.132. The molecule has 168 valence electrons. The van der Waals surface area contributed by atoms with E-state index in [0.29, 0.717) is 24.3 Å². The summed E-state index contributed by atoms with van der Waals surface area (Å²) < 4.78 is 20.1. The van der Waals surface area contributed by atoms with Crippen molar-refractivity contribution in [2.24, 2.45) is 0 Å². The molecular weight excluding hydrogens is 401 g/mol. The first kappa shape index (κ1) is 23.5. The topological polar surface area (TPSA) is 38.3 Å². The highest BCUT2D eigenvalue weighted by Gasteiger charge is 2.21. The summed E-state index contributed by atoms with van der Waals surface area (Å²) in [6.45, 7) is 8.64. The molecule has 3 aromatic rings. The lowest BCUT2D eigenvalue weighted by molar-refractivity contribution is -0.116. The summed E-state index contributed by atoms with van der Waals surface area (Å²) in [5.74, 6) is 0.575. The van der Waals surface area contributed by atoms with E-state index >= 15 is 0 Å². The lowest BCUT2D eigenvalue weighted by Crippen LogP contribution is -2.14. The Hall–Kier alpha value is -3.14. The fourth-order valence-electron chi connectivity index (χ4n) is 3.73. The Morgan fingerprint density at radius 2 is 1.62 bits per heavy atom. The van der Waals surface area contributed by atoms with Gasteiger partial charge in [-0.25, -0.2) is 4.39 Å². The normalized spacial score (nSPS) is 11.3. The van der Waals surface area contributed by atoms with Crippen molar-refractivity contribution in [2.75, 3.05) is 12.4 Å². The van der Waals surface area contributed by atoms with Crippen molar-refractivity contribution in [2.45, 2.75) is 52.5 Å². The van der Waals surface area contributed by atoms with Gasteiger partial charge in [-0.15, -0.1) is 0 Å². The zero-order chi connectivity index (χ0) is 23.3. The number of benzene rings is 3. The Bertz CT molecular complexity index is 1080. The van der Waals surface area contributed by atoms with Crippen LogP contribution in [0.15, 0.2) is 60.7 Å². The zero-order valence-corrected chi connectivity index (χ0v) is 19.6. The molecule has 0 fully saturated rings. The Balaban J connectivity index is 1.84. The monoisotopic (exact) mass is 433 g/mol. The standard InChI is InChI=1S/C28H32FNO2/c1-19(31)6-7-20-8-11-22(12-9-20)30-18-21-10-14-26(28(2,3)4)24(16-21)25-17-23(32-5)13-15-27(25)29/h8-17,30H,6-7,18H2,1-5H3. The molecule has 0 bridgehead atoms. The highest BCUT2D eigenvalue weighted by Crippen LogP contribution is 2.36. The van der Waals surface area contributed by atoms with Crippen LogP contribution in [-0.4, -0.2) is 12.9 Å². The molecule has 0 aliphatic heterocycles. The average Bonchev–Trinajstić information content (AvgIpc) is 2.76. The van der Waals surface area contributed by atoms with Crippen LogP contribution in [0, 0.1) is 5.82 Å². The van der Waals surface area contributed by atoms with E-state index in [4.69, 9.17) is 4.74 Å². The van der Waals surface area contributed by atoms with Crippen molar-refractivity contribution < 1.29 is 13.9 Å². The predicted molar refractivity (Wildman–Crippen MR) is 130 cm³/mol. The quantitative estimate of drug-likeness (QED) is 0.418. The number of carbonyl (C=O) groups is 1. The van der Waals surface area contributed by atoms with Crippen LogP contribution in [-0.2, 0) is 23.2 Å². The minimum Gasteiger partial charge on any atom is -0.497 e. The van der Waals surface area contributed by atoms with Crippen LogP contribution in [0.25, 0.3) is 11.1 Å². The number of Topliss-reactive ketones (excluding diaryl/α,β-unsaturated/α-hetero) is 1. The van der Waals surface area contributed by atoms with Gasteiger partial charge in [0.2, 0.25) is 0 Å². The van der Waals surface area contributed by atoms with Crippen molar-refractivity contribution in [1.82, 2.24) is 0 Å². The third kappa shape index (κ3) is 5.97. The molecule has 3 aromatic carbocycles. The second-order valence-corrected chi connectivity index (χ2v) is 9.23. The maximum absolute atomic E-state index is 14.8. The first-order valence-electron chi connectivity index (χ1n) is 11.0. The van der Waals surface area contributed by atoms with E-state index in [2.05, 4.69) is 44.3 Å². The van der Waals surface area contributed by atoms with Gasteiger partial charge in [-0.3, -0.25) is 0 Å². The van der Waals surface area contributed by atoms with Gasteiger partial charge in [0, 0.05) is 24.2 Å². The SMILES string of the molecule is COc1ccc(F)c(-c2cc(CNc3ccc(CCC(C)=O)cc3)ccc2C(C)(C)C)c1. The number of halogens is 1. The molecule has 0 spiro atoms. The summed E-state index contributed by atoms with van der Waals surface area (Å²) in [5.41, 5.74) is 5.60. The third-order valence-corrected chi connectivity index (χ3v) is 5.57. The predicted octanol–water partition coefficient (Wildman–Crippen LogP) is 6.93. The van der Waals surface area contributed by atoms with Crippen LogP contribution >= 0.6 is 0 Å². The molecule has 0 radical (unpaired) electrons. The molecule has 0 saturated carbocycles. The number of methoxy groups -OCH3 is 1. The summed E-state index contributed by atoms with van der Waals surface area (Å²) in [7, 11) is 1.59. The van der Waals surface area contributed by atoms with Crippen LogP contribution < -0.4 is 10.1 Å². The Labute approximate surface area is 190 Å². The van der Waals surface area contributed by atoms with Gasteiger partial charge in [-0.2, -0.15) is 0 Å². The van der Waals surface area contributed by atoms with Gasteiger partial charge in [-0.05, 0) is 77.4 Å². The Kier molecular flexibility index (Phi) is 7.34. The first-order valence-corrected chi connectivity index (χ1v) is 11.0. The smallest absolute Gasteiger partial charge is 0.131 e. The summed E-state index contributed by atoms with van der Waals surface area (Å²) in [6.07, 6.45) is 1.33. The number of carbonyl (C=O) groups excluding carboxylic acids is 1. The summed E-state index contributed by atoms with van der Waals surface area (Å²) >= 11 is 0. The van der Waals surface area contributed by atoms with Gasteiger partial charge in [-0.1, -0.05) is 45.0 Å². The number of rotatable bonds is 8. The maximum Gasteiger partial charge on any atom is 0.131 e. The highest BCUT2D eigenvalue weighted by atomic mass is 19.1. The fourth-order valence-corrected chi connectivity index (χ4v) is 3.73. The number of nitrogens with one attached hydrogen (secondary N) is 1. The van der Waals surface area contributed by atoms with Crippen LogP contribution in [0.2, 0.25) is 0 Å². The Morgan fingerprint density at radius 1 is 0.938 bits per heavy atom. The van der Waals surface area contributed by atoms with E-state index in [1.807, 2.05) is 24.3 Å². The number of anilines is 1. The van der Waals surface area contributed by atoms with E-state index in [1.165, 1.54) is 6.07 Å². The second kappa shape index (κ2) is 9.99. The molecular formula is C28H32FNO2. The molecule has 0 aromatic heterocycles. The van der Waals surface area contributed by atoms with E-state index in [1.54, 1.807) is 26.2 Å². The summed E-state index contributed by atoms with van der Waals surface area (Å²) in [4.78, 5) is 11.2. The molecule has 3 nitrogen and oxygen atoms in total. The fraction of sp³-hybridized carbons (Fsp3) is 0.321. The van der Waals surface area contributed by atoms with Gasteiger partial charge in [0.25, 0.3) is 0 Å². The number of ketones is 1. The van der Waals surface area contributed by atoms with Crippen molar-refractivity contribution >= 4 is 11.5 Å². The van der Waals surface area contributed by atoms with Crippen LogP contribution in [0.4, 0.5) is 10.1 Å². The van der Waals surface area contributed by atoms with Crippen molar-refractivity contribution in [3.63, 3.8) is 0 Å². The lowest BCUT2D eigenvalue weighted by Gasteiger charge is -2.24. The van der Waals surface area contributed by atoms with Crippen molar-refractivity contribution in [3.05, 3.63) is 83.2 Å². The zero-order valence-electron chi connectivity index (χ0n) is 19.6. The molecule has 0 aliphatic rings. The lowest BCUT2D eigenvalue weighted by atomic mass is 9.81. The maximum atomic E-state index is 14.8. The molecule has 1 N–H and O–H groups in total. The highest BCUT2D eigenvalue weighted by molar-refractivity contribution is 5.75. The molecule has 3 rings (SSSR count). The summed E-state index contributed by atoms with van der Waals surface area (Å²) in [5, 5.41) is 3.44. The molecule has 32 heavy (non-hydrogen) atoms. The average molecular weight is 434 g/mol. The molecule has 0 amide bonds. The van der Waals surface area contributed by atoms with E-state index in [9.17, 15) is 9.18 Å². The minimum atomic E-state index is -0.262. The number of hydrogen-bond acceptors (Lipinski definition) is 3. The number of hydrogen-bond donors (Lipinski definition) is 1. The molecule has 0 unspecified atom stereocenters. The van der Waals surface area contributed by atoms with E-state index < -0.39 is 0 Å². The number of aryl methyl sites for hydroxylation is 1. The Morgan fingerprint density at radius 3 is 2.25 bits per heavy atom. The van der Waals surface area contributed by atoms with Crippen LogP contribution in [0.5, 0.6) is 5.75 Å². The molecule has 0 heterocycles. The van der Waals surface area contributed by atoms with Gasteiger partial charge >= 0.3 is 0 Å². The number of ether oxygens (including phenoxy) is 1. The van der Waals surface area contributed by atoms with Crippen LogP contribution in [0.3, 0.4) is 0 Å². The molecule has 4 heteroatoms. The first-order chi connectivity index (χ1) is 15.2.